The van der Waals surface area contributed by atoms with Gasteiger partial charge in [0.1, 0.15) is 5.82 Å². The standard InChI is InChI=1S/C12H17BrFNO2/c1-16-6-7-17-5-4-15-9-10-8-11(14)2-3-12(10)13/h2-3,8,15H,4-7,9H2,1H3. The van der Waals surface area contributed by atoms with Crippen LogP contribution in [0.3, 0.4) is 0 Å². The van der Waals surface area contributed by atoms with E-state index < -0.39 is 0 Å². The van der Waals surface area contributed by atoms with E-state index in [1.54, 1.807) is 13.2 Å². The Morgan fingerprint density at radius 3 is 2.88 bits per heavy atom. The Kier molecular flexibility index (Phi) is 7.35. The van der Waals surface area contributed by atoms with Crippen LogP contribution in [0.5, 0.6) is 0 Å². The third kappa shape index (κ3) is 6.12. The normalized spacial score (nSPS) is 10.8. The van der Waals surface area contributed by atoms with Crippen LogP contribution in [0.1, 0.15) is 5.56 Å². The Morgan fingerprint density at radius 1 is 1.29 bits per heavy atom. The van der Waals surface area contributed by atoms with Crippen molar-refractivity contribution in [3.63, 3.8) is 0 Å². The van der Waals surface area contributed by atoms with Crippen LogP contribution in [-0.4, -0.2) is 33.5 Å². The molecule has 0 aliphatic rings. The first-order valence-electron chi connectivity index (χ1n) is 5.45. The number of benzene rings is 1. The summed E-state index contributed by atoms with van der Waals surface area (Å²) in [6.07, 6.45) is 0. The highest BCUT2D eigenvalue weighted by atomic mass is 79.9. The minimum Gasteiger partial charge on any atom is -0.382 e. The zero-order valence-electron chi connectivity index (χ0n) is 9.84. The minimum absolute atomic E-state index is 0.221. The summed E-state index contributed by atoms with van der Waals surface area (Å²) in [6.45, 7) is 3.17. The van der Waals surface area contributed by atoms with Crippen molar-refractivity contribution < 1.29 is 13.9 Å². The lowest BCUT2D eigenvalue weighted by molar-refractivity contribution is 0.0719. The Labute approximate surface area is 109 Å². The van der Waals surface area contributed by atoms with Crippen LogP contribution in [-0.2, 0) is 16.0 Å². The fourth-order valence-electron chi connectivity index (χ4n) is 1.29. The molecule has 0 unspecified atom stereocenters. The second kappa shape index (κ2) is 8.58. The number of halogens is 2. The van der Waals surface area contributed by atoms with Crippen molar-refractivity contribution in [2.75, 3.05) is 33.5 Å². The maximum atomic E-state index is 13.0. The molecule has 96 valence electrons. The molecule has 0 saturated carbocycles. The monoisotopic (exact) mass is 305 g/mol. The van der Waals surface area contributed by atoms with E-state index in [4.69, 9.17) is 9.47 Å². The number of hydrogen-bond acceptors (Lipinski definition) is 3. The Balaban J connectivity index is 2.15. The number of nitrogens with one attached hydrogen (secondary N) is 1. The van der Waals surface area contributed by atoms with E-state index in [-0.39, 0.29) is 5.82 Å². The number of ether oxygens (including phenoxy) is 2. The first-order chi connectivity index (χ1) is 8.24. The summed E-state index contributed by atoms with van der Waals surface area (Å²) in [4.78, 5) is 0. The highest BCUT2D eigenvalue weighted by Crippen LogP contribution is 2.17. The zero-order chi connectivity index (χ0) is 12.5. The first-order valence-corrected chi connectivity index (χ1v) is 6.24. The molecule has 5 heteroatoms. The lowest BCUT2D eigenvalue weighted by Crippen LogP contribution is -2.20. The fourth-order valence-corrected chi connectivity index (χ4v) is 1.68. The van der Waals surface area contributed by atoms with Crippen LogP contribution in [0, 0.1) is 5.82 Å². The molecule has 0 aliphatic carbocycles. The molecule has 1 aromatic carbocycles. The lowest BCUT2D eigenvalue weighted by atomic mass is 10.2. The smallest absolute Gasteiger partial charge is 0.123 e. The van der Waals surface area contributed by atoms with Gasteiger partial charge in [-0.15, -0.1) is 0 Å². The van der Waals surface area contributed by atoms with Gasteiger partial charge in [0.2, 0.25) is 0 Å². The van der Waals surface area contributed by atoms with E-state index in [0.29, 0.717) is 26.4 Å². The second-order valence-electron chi connectivity index (χ2n) is 3.52. The third-order valence-electron chi connectivity index (χ3n) is 2.18. The van der Waals surface area contributed by atoms with E-state index in [1.807, 2.05) is 0 Å². The van der Waals surface area contributed by atoms with Crippen LogP contribution in [0.2, 0.25) is 0 Å². The molecular weight excluding hydrogens is 289 g/mol. The zero-order valence-corrected chi connectivity index (χ0v) is 11.4. The molecule has 17 heavy (non-hydrogen) atoms. The molecular formula is C12H17BrFNO2. The van der Waals surface area contributed by atoms with Gasteiger partial charge in [-0.1, -0.05) is 15.9 Å². The van der Waals surface area contributed by atoms with Crippen LogP contribution in [0.15, 0.2) is 22.7 Å². The molecule has 0 radical (unpaired) electrons. The van der Waals surface area contributed by atoms with Gasteiger partial charge in [0.15, 0.2) is 0 Å². The van der Waals surface area contributed by atoms with E-state index in [2.05, 4.69) is 21.2 Å². The summed E-state index contributed by atoms with van der Waals surface area (Å²) in [7, 11) is 1.64. The number of hydrogen-bond donors (Lipinski definition) is 1. The van der Waals surface area contributed by atoms with Gasteiger partial charge in [-0.2, -0.15) is 0 Å². The van der Waals surface area contributed by atoms with Gasteiger partial charge in [0, 0.05) is 24.7 Å². The van der Waals surface area contributed by atoms with Crippen molar-refractivity contribution in [1.82, 2.24) is 5.32 Å². The molecule has 3 nitrogen and oxygen atoms in total. The highest BCUT2D eigenvalue weighted by Gasteiger charge is 2.00. The SMILES string of the molecule is COCCOCCNCc1cc(F)ccc1Br. The number of rotatable bonds is 8. The Bertz CT molecular complexity index is 336. The van der Waals surface area contributed by atoms with E-state index >= 15 is 0 Å². The van der Waals surface area contributed by atoms with Gasteiger partial charge < -0.3 is 14.8 Å². The topological polar surface area (TPSA) is 30.5 Å². The molecule has 0 bridgehead atoms. The van der Waals surface area contributed by atoms with E-state index in [1.165, 1.54) is 12.1 Å². The molecule has 0 atom stereocenters. The minimum atomic E-state index is -0.221. The Hall–Kier alpha value is -0.490. The molecule has 0 amide bonds. The summed E-state index contributed by atoms with van der Waals surface area (Å²) in [6, 6.07) is 4.66. The van der Waals surface area contributed by atoms with E-state index in [0.717, 1.165) is 16.6 Å². The predicted octanol–water partition coefficient (Wildman–Crippen LogP) is 2.34. The first kappa shape index (κ1) is 14.6. The molecule has 0 saturated heterocycles. The van der Waals surface area contributed by atoms with Crippen molar-refractivity contribution in [2.24, 2.45) is 0 Å². The third-order valence-corrected chi connectivity index (χ3v) is 2.95. The van der Waals surface area contributed by atoms with Crippen molar-refractivity contribution >= 4 is 15.9 Å². The average molecular weight is 306 g/mol. The molecule has 1 rings (SSSR count). The van der Waals surface area contributed by atoms with Crippen LogP contribution in [0.4, 0.5) is 4.39 Å². The summed E-state index contributed by atoms with van der Waals surface area (Å²) in [5.74, 6) is -0.221. The molecule has 1 N–H and O–H groups in total. The van der Waals surface area contributed by atoms with Gasteiger partial charge in [0.05, 0.1) is 19.8 Å². The maximum Gasteiger partial charge on any atom is 0.123 e. The summed E-state index contributed by atoms with van der Waals surface area (Å²) >= 11 is 3.38. The molecule has 0 fully saturated rings. The lowest BCUT2D eigenvalue weighted by Gasteiger charge is -2.07. The average Bonchev–Trinajstić information content (AvgIpc) is 2.32. The quantitative estimate of drug-likeness (QED) is 0.748. The summed E-state index contributed by atoms with van der Waals surface area (Å²) < 4.78 is 24.0. The molecule has 0 spiro atoms. The number of methoxy groups -OCH3 is 1. The summed E-state index contributed by atoms with van der Waals surface area (Å²) in [5, 5.41) is 3.18. The van der Waals surface area contributed by atoms with Crippen molar-refractivity contribution in [3.05, 3.63) is 34.1 Å². The van der Waals surface area contributed by atoms with Crippen molar-refractivity contribution in [2.45, 2.75) is 6.54 Å². The predicted molar refractivity (Wildman–Crippen MR) is 68.5 cm³/mol. The van der Waals surface area contributed by atoms with Gasteiger partial charge in [-0.05, 0) is 23.8 Å². The second-order valence-corrected chi connectivity index (χ2v) is 4.37. The van der Waals surface area contributed by atoms with Gasteiger partial charge in [0.25, 0.3) is 0 Å². The molecule has 0 aliphatic heterocycles. The highest BCUT2D eigenvalue weighted by molar-refractivity contribution is 9.10. The van der Waals surface area contributed by atoms with Crippen LogP contribution >= 0.6 is 15.9 Å². The van der Waals surface area contributed by atoms with Gasteiger partial charge >= 0.3 is 0 Å². The van der Waals surface area contributed by atoms with Gasteiger partial charge in [-0.25, -0.2) is 4.39 Å². The van der Waals surface area contributed by atoms with Crippen molar-refractivity contribution in [3.8, 4) is 0 Å². The molecule has 1 aromatic rings. The van der Waals surface area contributed by atoms with Crippen LogP contribution in [0.25, 0.3) is 0 Å². The van der Waals surface area contributed by atoms with E-state index in [9.17, 15) is 4.39 Å². The molecule has 0 aromatic heterocycles. The summed E-state index contributed by atoms with van der Waals surface area (Å²) in [5.41, 5.74) is 0.905. The van der Waals surface area contributed by atoms with Crippen LogP contribution < -0.4 is 5.32 Å². The Morgan fingerprint density at radius 2 is 2.12 bits per heavy atom. The fraction of sp³-hybridized carbons (Fsp3) is 0.500. The van der Waals surface area contributed by atoms with Gasteiger partial charge in [-0.3, -0.25) is 0 Å². The van der Waals surface area contributed by atoms with Crippen molar-refractivity contribution in [1.29, 1.82) is 0 Å². The molecule has 0 heterocycles. The largest absolute Gasteiger partial charge is 0.382 e. The maximum absolute atomic E-state index is 13.0.